The van der Waals surface area contributed by atoms with Gasteiger partial charge in [-0.25, -0.2) is 0 Å². The second kappa shape index (κ2) is 6.33. The maximum absolute atomic E-state index is 12.7. The Balaban J connectivity index is 2.04. The van der Waals surface area contributed by atoms with Crippen LogP contribution in [0.5, 0.6) is 0 Å². The van der Waals surface area contributed by atoms with Crippen LogP contribution < -0.4 is 0 Å². The normalized spacial score (nSPS) is 19.4. The monoisotopic (exact) mass is 297 g/mol. The van der Waals surface area contributed by atoms with E-state index in [9.17, 15) is 18.0 Å². The minimum atomic E-state index is -4.31. The number of rotatable bonds is 3. The molecule has 2 rings (SSSR count). The zero-order chi connectivity index (χ0) is 15.5. The number of likely N-dealkylation sites (tertiary alicyclic amines) is 1. The van der Waals surface area contributed by atoms with Crippen LogP contribution in [0.25, 0.3) is 0 Å². The van der Waals surface area contributed by atoms with Gasteiger partial charge in [0.2, 0.25) is 5.91 Å². The molecule has 0 spiro atoms. The zero-order valence-electron chi connectivity index (χ0n) is 11.7. The van der Waals surface area contributed by atoms with Crippen molar-refractivity contribution in [2.75, 3.05) is 13.1 Å². The van der Waals surface area contributed by atoms with Gasteiger partial charge in [0.15, 0.2) is 0 Å². The minimum Gasteiger partial charge on any atom is -0.339 e. The first-order chi connectivity index (χ1) is 9.90. The Morgan fingerprint density at radius 1 is 1.43 bits per heavy atom. The van der Waals surface area contributed by atoms with Gasteiger partial charge in [0.25, 0.3) is 0 Å². The number of nitrogens with zero attached hydrogens (tertiary/aromatic N) is 1. The molecule has 0 N–H and O–H groups in total. The van der Waals surface area contributed by atoms with E-state index in [1.807, 2.05) is 0 Å². The van der Waals surface area contributed by atoms with Gasteiger partial charge in [0, 0.05) is 13.1 Å². The molecule has 1 heterocycles. The number of benzene rings is 1. The molecule has 0 aromatic heterocycles. The van der Waals surface area contributed by atoms with Crippen molar-refractivity contribution in [3.8, 4) is 0 Å². The van der Waals surface area contributed by atoms with E-state index >= 15 is 0 Å². The zero-order valence-corrected chi connectivity index (χ0v) is 11.7. The van der Waals surface area contributed by atoms with Gasteiger partial charge in [-0.05, 0) is 42.9 Å². The summed E-state index contributed by atoms with van der Waals surface area (Å²) in [5.41, 5.74) is 0.0533. The predicted molar refractivity (Wildman–Crippen MR) is 74.6 cm³/mol. The van der Waals surface area contributed by atoms with Gasteiger partial charge in [-0.3, -0.25) is 4.79 Å². The summed E-state index contributed by atoms with van der Waals surface area (Å²) in [5.74, 6) is 0.0925. The Morgan fingerprint density at radius 3 is 2.86 bits per heavy atom. The molecule has 1 aromatic carbocycles. The van der Waals surface area contributed by atoms with E-state index in [1.54, 1.807) is 11.0 Å². The molecule has 1 aromatic rings. The number of piperidine rings is 1. The smallest absolute Gasteiger partial charge is 0.339 e. The third-order valence-electron chi connectivity index (χ3n) is 3.78. The van der Waals surface area contributed by atoms with Crippen LogP contribution in [0.3, 0.4) is 0 Å². The lowest BCUT2D eigenvalue weighted by Crippen LogP contribution is -2.39. The van der Waals surface area contributed by atoms with Crippen LogP contribution in [0.15, 0.2) is 36.9 Å². The third-order valence-corrected chi connectivity index (χ3v) is 3.78. The largest absolute Gasteiger partial charge is 0.416 e. The van der Waals surface area contributed by atoms with Crippen LogP contribution in [0.1, 0.15) is 24.0 Å². The van der Waals surface area contributed by atoms with Crippen LogP contribution in [-0.2, 0) is 17.4 Å². The van der Waals surface area contributed by atoms with Gasteiger partial charge >= 0.3 is 6.18 Å². The molecular weight excluding hydrogens is 279 g/mol. The van der Waals surface area contributed by atoms with E-state index in [4.69, 9.17) is 0 Å². The van der Waals surface area contributed by atoms with Gasteiger partial charge in [-0.15, -0.1) is 0 Å². The number of alkyl halides is 3. The molecule has 0 saturated carbocycles. The number of halogens is 3. The number of carbonyl (C=O) groups excluding carboxylic acids is 1. The predicted octanol–water partition coefficient (Wildman–Crippen LogP) is 3.67. The first-order valence-corrected chi connectivity index (χ1v) is 6.97. The molecule has 0 unspecified atom stereocenters. The maximum Gasteiger partial charge on any atom is 0.416 e. The fourth-order valence-corrected chi connectivity index (χ4v) is 2.77. The van der Waals surface area contributed by atoms with E-state index in [1.165, 1.54) is 18.2 Å². The average molecular weight is 297 g/mol. The Morgan fingerprint density at radius 2 is 2.19 bits per heavy atom. The minimum absolute atomic E-state index is 0.108. The fraction of sp³-hybridized carbons (Fsp3) is 0.438. The molecule has 5 heteroatoms. The standard InChI is InChI=1S/C16H18F3NO/c1-2-15(21)20-8-4-6-13(11-20)9-12-5-3-7-14(10-12)16(17,18)19/h2-3,5,7,10,13H,1,4,6,8-9,11H2/t13-/m1/s1. The summed E-state index contributed by atoms with van der Waals surface area (Å²) in [5, 5.41) is 0. The summed E-state index contributed by atoms with van der Waals surface area (Å²) in [7, 11) is 0. The molecule has 0 bridgehead atoms. The van der Waals surface area contributed by atoms with E-state index in [-0.39, 0.29) is 11.8 Å². The van der Waals surface area contributed by atoms with Crippen molar-refractivity contribution in [3.63, 3.8) is 0 Å². The second-order valence-corrected chi connectivity index (χ2v) is 5.40. The van der Waals surface area contributed by atoms with E-state index in [0.717, 1.165) is 18.9 Å². The lowest BCUT2D eigenvalue weighted by Gasteiger charge is -2.32. The molecule has 1 saturated heterocycles. The fourth-order valence-electron chi connectivity index (χ4n) is 2.77. The third kappa shape index (κ3) is 4.09. The van der Waals surface area contributed by atoms with Crippen molar-refractivity contribution < 1.29 is 18.0 Å². The molecule has 0 radical (unpaired) electrons. The molecule has 1 aliphatic rings. The van der Waals surface area contributed by atoms with Crippen LogP contribution in [0.2, 0.25) is 0 Å². The van der Waals surface area contributed by atoms with Gasteiger partial charge in [-0.1, -0.05) is 24.8 Å². The van der Waals surface area contributed by atoms with Gasteiger partial charge in [0.05, 0.1) is 5.56 Å². The van der Waals surface area contributed by atoms with E-state index in [0.29, 0.717) is 25.1 Å². The first kappa shape index (κ1) is 15.6. The van der Waals surface area contributed by atoms with Crippen LogP contribution in [0.4, 0.5) is 13.2 Å². The van der Waals surface area contributed by atoms with E-state index < -0.39 is 11.7 Å². The van der Waals surface area contributed by atoms with E-state index in [2.05, 4.69) is 6.58 Å². The molecule has 2 nitrogen and oxygen atoms in total. The topological polar surface area (TPSA) is 20.3 Å². The highest BCUT2D eigenvalue weighted by Gasteiger charge is 2.30. The summed E-state index contributed by atoms with van der Waals surface area (Å²) in [6.07, 6.45) is -0.661. The van der Waals surface area contributed by atoms with Gasteiger partial charge < -0.3 is 4.90 Å². The molecule has 1 fully saturated rings. The molecule has 21 heavy (non-hydrogen) atoms. The quantitative estimate of drug-likeness (QED) is 0.780. The summed E-state index contributed by atoms with van der Waals surface area (Å²) in [6.45, 7) is 4.75. The van der Waals surface area contributed by atoms with Gasteiger partial charge in [0.1, 0.15) is 0 Å². The molecule has 1 atom stereocenters. The highest BCUT2D eigenvalue weighted by molar-refractivity contribution is 5.87. The van der Waals surface area contributed by atoms with Crippen molar-refractivity contribution in [2.45, 2.75) is 25.4 Å². The molecule has 0 aliphatic carbocycles. The molecule has 114 valence electrons. The summed E-state index contributed by atoms with van der Waals surface area (Å²) in [4.78, 5) is 13.3. The highest BCUT2D eigenvalue weighted by Crippen LogP contribution is 2.30. The van der Waals surface area contributed by atoms with Crippen molar-refractivity contribution >= 4 is 5.91 Å². The van der Waals surface area contributed by atoms with Crippen molar-refractivity contribution in [2.24, 2.45) is 5.92 Å². The van der Waals surface area contributed by atoms with Crippen LogP contribution in [0, 0.1) is 5.92 Å². The molecule has 1 aliphatic heterocycles. The summed E-state index contributed by atoms with van der Waals surface area (Å²) >= 11 is 0. The molecule has 1 amide bonds. The maximum atomic E-state index is 12.7. The van der Waals surface area contributed by atoms with Crippen molar-refractivity contribution in [3.05, 3.63) is 48.0 Å². The highest BCUT2D eigenvalue weighted by atomic mass is 19.4. The molecular formula is C16H18F3NO. The van der Waals surface area contributed by atoms with Crippen LogP contribution >= 0.6 is 0 Å². The van der Waals surface area contributed by atoms with Crippen molar-refractivity contribution in [1.29, 1.82) is 0 Å². The number of amides is 1. The number of carbonyl (C=O) groups is 1. The van der Waals surface area contributed by atoms with Crippen molar-refractivity contribution in [1.82, 2.24) is 4.90 Å². The van der Waals surface area contributed by atoms with Gasteiger partial charge in [-0.2, -0.15) is 13.2 Å². The number of hydrogen-bond donors (Lipinski definition) is 0. The Kier molecular flexibility index (Phi) is 4.70. The lowest BCUT2D eigenvalue weighted by molar-refractivity contribution is -0.137. The number of hydrogen-bond acceptors (Lipinski definition) is 1. The Hall–Kier alpha value is -1.78. The SMILES string of the molecule is C=CC(=O)N1CCC[C@H](Cc2cccc(C(F)(F)F)c2)C1. The summed E-state index contributed by atoms with van der Waals surface area (Å²) < 4.78 is 38.1. The summed E-state index contributed by atoms with van der Waals surface area (Å²) in [6, 6.07) is 5.43. The Bertz CT molecular complexity index is 524. The Labute approximate surface area is 122 Å². The second-order valence-electron chi connectivity index (χ2n) is 5.40. The first-order valence-electron chi connectivity index (χ1n) is 6.97. The lowest BCUT2D eigenvalue weighted by atomic mass is 9.90. The van der Waals surface area contributed by atoms with Crippen LogP contribution in [-0.4, -0.2) is 23.9 Å². The average Bonchev–Trinajstić information content (AvgIpc) is 2.46.